The van der Waals surface area contributed by atoms with Crippen LogP contribution in [0.4, 0.5) is 5.69 Å². The molecule has 8 heteroatoms. The van der Waals surface area contributed by atoms with Crippen molar-refractivity contribution in [2.75, 3.05) is 5.32 Å². The smallest absolute Gasteiger partial charge is 0.264 e. The van der Waals surface area contributed by atoms with E-state index in [1.807, 2.05) is 24.7 Å². The summed E-state index contributed by atoms with van der Waals surface area (Å²) in [4.78, 5) is 39.4. The van der Waals surface area contributed by atoms with Gasteiger partial charge in [-0.3, -0.25) is 24.0 Å². The van der Waals surface area contributed by atoms with Gasteiger partial charge in [-0.2, -0.15) is 5.10 Å². The molecule has 1 fully saturated rings. The van der Waals surface area contributed by atoms with Crippen LogP contribution in [-0.2, 0) is 11.3 Å². The van der Waals surface area contributed by atoms with Crippen molar-refractivity contribution in [3.05, 3.63) is 59.6 Å². The molecule has 1 aromatic carbocycles. The summed E-state index contributed by atoms with van der Waals surface area (Å²) in [6.45, 7) is 8.30. The molecule has 1 saturated heterocycles. The number of anilines is 1. The van der Waals surface area contributed by atoms with Crippen LogP contribution in [0.5, 0.6) is 0 Å². The summed E-state index contributed by atoms with van der Waals surface area (Å²) < 4.78 is 1.86. The molecule has 4 rings (SSSR count). The van der Waals surface area contributed by atoms with E-state index < -0.39 is 17.9 Å². The predicted molar refractivity (Wildman–Crippen MR) is 107 cm³/mol. The number of nitrogens with one attached hydrogen (secondary N) is 2. The van der Waals surface area contributed by atoms with Gasteiger partial charge in [0.2, 0.25) is 5.91 Å². The van der Waals surface area contributed by atoms with Crippen molar-refractivity contribution in [2.45, 2.75) is 45.3 Å². The highest BCUT2D eigenvalue weighted by molar-refractivity contribution is 6.25. The number of piperidine rings is 1. The van der Waals surface area contributed by atoms with Crippen molar-refractivity contribution in [1.82, 2.24) is 20.0 Å². The van der Waals surface area contributed by atoms with E-state index in [1.165, 1.54) is 0 Å². The number of hydrogen-bond donors (Lipinski definition) is 2. The summed E-state index contributed by atoms with van der Waals surface area (Å²) in [5.41, 5.74) is 2.77. The van der Waals surface area contributed by atoms with Crippen LogP contribution in [0.1, 0.15) is 59.0 Å². The number of aromatic nitrogens is 2. The first kappa shape index (κ1) is 18.9. The molecule has 0 radical (unpaired) electrons. The van der Waals surface area contributed by atoms with E-state index in [0.29, 0.717) is 41.9 Å². The summed E-state index contributed by atoms with van der Waals surface area (Å²) in [6.07, 6.45) is 4.63. The summed E-state index contributed by atoms with van der Waals surface area (Å²) >= 11 is 0. The Morgan fingerprint density at radius 1 is 1.28 bits per heavy atom. The van der Waals surface area contributed by atoms with Crippen LogP contribution in [0.2, 0.25) is 0 Å². The average Bonchev–Trinajstić information content (AvgIpc) is 3.25. The topological polar surface area (TPSA) is 96.3 Å². The van der Waals surface area contributed by atoms with Gasteiger partial charge in [0.1, 0.15) is 6.04 Å². The maximum Gasteiger partial charge on any atom is 0.264 e. The Labute approximate surface area is 168 Å². The molecule has 1 aromatic heterocycles. The first-order chi connectivity index (χ1) is 13.9. The zero-order valence-corrected chi connectivity index (χ0v) is 16.4. The van der Waals surface area contributed by atoms with Gasteiger partial charge < -0.3 is 10.6 Å². The number of benzene rings is 1. The van der Waals surface area contributed by atoms with E-state index in [1.54, 1.807) is 24.4 Å². The third-order valence-corrected chi connectivity index (χ3v) is 5.25. The summed E-state index contributed by atoms with van der Waals surface area (Å²) in [5, 5.41) is 10.2. The van der Waals surface area contributed by atoms with E-state index in [9.17, 15) is 14.4 Å². The Morgan fingerprint density at radius 3 is 2.76 bits per heavy atom. The van der Waals surface area contributed by atoms with E-state index >= 15 is 0 Å². The number of fused-ring (bicyclic) bond motifs is 1. The lowest BCUT2D eigenvalue weighted by molar-refractivity contribution is -0.125. The fraction of sp³-hybridized carbons (Fsp3) is 0.333. The maximum absolute atomic E-state index is 13.1. The van der Waals surface area contributed by atoms with Gasteiger partial charge in [-0.1, -0.05) is 12.6 Å². The molecule has 2 aliphatic heterocycles. The molecule has 0 aliphatic carbocycles. The van der Waals surface area contributed by atoms with Gasteiger partial charge in [-0.15, -0.1) is 0 Å². The molecule has 2 aromatic rings. The molecule has 0 spiro atoms. The van der Waals surface area contributed by atoms with Crippen molar-refractivity contribution in [2.24, 2.45) is 0 Å². The minimum Gasteiger partial charge on any atom is -0.380 e. The predicted octanol–water partition coefficient (Wildman–Crippen LogP) is 2.46. The Balaban J connectivity index is 1.57. The number of hydrogen-bond acceptors (Lipinski definition) is 5. The second-order valence-corrected chi connectivity index (χ2v) is 7.63. The van der Waals surface area contributed by atoms with Crippen molar-refractivity contribution in [3.8, 4) is 0 Å². The Hall–Kier alpha value is -3.42. The zero-order chi connectivity index (χ0) is 20.7. The van der Waals surface area contributed by atoms with E-state index in [4.69, 9.17) is 0 Å². The average molecular weight is 393 g/mol. The van der Waals surface area contributed by atoms with Crippen LogP contribution in [0.15, 0.2) is 42.9 Å². The first-order valence-corrected chi connectivity index (χ1v) is 9.63. The van der Waals surface area contributed by atoms with E-state index in [2.05, 4.69) is 22.3 Å². The van der Waals surface area contributed by atoms with Gasteiger partial charge in [-0.05, 0) is 38.8 Å². The maximum atomic E-state index is 13.1. The highest BCUT2D eigenvalue weighted by Gasteiger charge is 2.44. The van der Waals surface area contributed by atoms with Gasteiger partial charge >= 0.3 is 0 Å². The Kier molecular flexibility index (Phi) is 4.70. The van der Waals surface area contributed by atoms with Crippen LogP contribution in [0.3, 0.4) is 0 Å². The van der Waals surface area contributed by atoms with Crippen LogP contribution in [-0.4, -0.2) is 38.4 Å². The standard InChI is InChI=1S/C21H23N5O3/c1-12(2)25-11-14(10-23-25)9-22-16-6-4-5-15-18(16)21(29)26(20(15)28)17-8-7-13(3)24-19(17)27/h4-6,10-12,17,22H,3,7-9H2,1-2H3,(H,24,27). The highest BCUT2D eigenvalue weighted by atomic mass is 16.2. The molecule has 3 amide bonds. The van der Waals surface area contributed by atoms with Crippen molar-refractivity contribution in [3.63, 3.8) is 0 Å². The molecule has 1 atom stereocenters. The molecule has 150 valence electrons. The second-order valence-electron chi connectivity index (χ2n) is 7.63. The molecule has 8 nitrogen and oxygen atoms in total. The molecule has 2 aliphatic rings. The Bertz CT molecular complexity index is 1020. The fourth-order valence-corrected chi connectivity index (χ4v) is 3.69. The molecular weight excluding hydrogens is 370 g/mol. The highest BCUT2D eigenvalue weighted by Crippen LogP contribution is 2.33. The number of carbonyl (C=O) groups is 3. The van der Waals surface area contributed by atoms with Crippen molar-refractivity contribution < 1.29 is 14.4 Å². The van der Waals surface area contributed by atoms with Gasteiger partial charge in [0.15, 0.2) is 0 Å². The minimum atomic E-state index is -0.815. The van der Waals surface area contributed by atoms with E-state index in [0.717, 1.165) is 10.5 Å². The summed E-state index contributed by atoms with van der Waals surface area (Å²) in [7, 11) is 0. The third kappa shape index (κ3) is 3.30. The number of rotatable bonds is 5. The number of nitrogens with zero attached hydrogens (tertiary/aromatic N) is 3. The Morgan fingerprint density at radius 2 is 2.07 bits per heavy atom. The number of imide groups is 1. The zero-order valence-electron chi connectivity index (χ0n) is 16.4. The summed E-state index contributed by atoms with van der Waals surface area (Å²) in [5.74, 6) is -1.25. The van der Waals surface area contributed by atoms with Gasteiger partial charge in [0, 0.05) is 35.7 Å². The van der Waals surface area contributed by atoms with Gasteiger partial charge in [0.25, 0.3) is 11.8 Å². The lowest BCUT2D eigenvalue weighted by Crippen LogP contribution is -2.51. The number of carbonyl (C=O) groups excluding carboxylic acids is 3. The van der Waals surface area contributed by atoms with Gasteiger partial charge in [-0.25, -0.2) is 0 Å². The lowest BCUT2D eigenvalue weighted by atomic mass is 10.0. The molecule has 29 heavy (non-hydrogen) atoms. The second kappa shape index (κ2) is 7.20. The molecule has 1 unspecified atom stereocenters. The van der Waals surface area contributed by atoms with E-state index in [-0.39, 0.29) is 11.9 Å². The lowest BCUT2D eigenvalue weighted by Gasteiger charge is -2.29. The minimum absolute atomic E-state index is 0.259. The molecule has 0 saturated carbocycles. The van der Waals surface area contributed by atoms with Crippen molar-refractivity contribution >= 4 is 23.4 Å². The molecule has 3 heterocycles. The largest absolute Gasteiger partial charge is 0.380 e. The third-order valence-electron chi connectivity index (χ3n) is 5.25. The molecule has 0 bridgehead atoms. The van der Waals surface area contributed by atoms with Crippen LogP contribution < -0.4 is 10.6 Å². The summed E-state index contributed by atoms with van der Waals surface area (Å²) in [6, 6.07) is 4.57. The van der Waals surface area contributed by atoms with Crippen LogP contribution in [0, 0.1) is 0 Å². The SMILES string of the molecule is C=C1CCC(N2C(=O)c3cccc(NCc4cnn(C(C)C)c4)c3C2=O)C(=O)N1. The monoisotopic (exact) mass is 393 g/mol. The number of allylic oxidation sites excluding steroid dienone is 1. The molecular formula is C21H23N5O3. The fourth-order valence-electron chi connectivity index (χ4n) is 3.69. The number of amides is 3. The van der Waals surface area contributed by atoms with Crippen LogP contribution in [0.25, 0.3) is 0 Å². The van der Waals surface area contributed by atoms with Crippen molar-refractivity contribution in [1.29, 1.82) is 0 Å². The van der Waals surface area contributed by atoms with Gasteiger partial charge in [0.05, 0.1) is 17.3 Å². The quantitative estimate of drug-likeness (QED) is 0.761. The molecule has 2 N–H and O–H groups in total. The van der Waals surface area contributed by atoms with Crippen LogP contribution >= 0.6 is 0 Å². The normalized spacial score (nSPS) is 19.0. The first-order valence-electron chi connectivity index (χ1n) is 9.63.